The standard InChI is InChI=1S/C42H27N3/c1-3-11-31(12-4-1)43-22-21-28-23-29-24-36-34-15-7-10-18-39(34)45(42(36)26-30(29)25-41(28)43)33-19-20-40-37(27-33)35-16-8-9-17-38(35)44(40)32-13-5-2-6-14-32/h1-27H. The van der Waals surface area contributed by atoms with Gasteiger partial charge in [-0.25, -0.2) is 0 Å². The molecule has 3 heterocycles. The molecule has 3 heteroatoms. The van der Waals surface area contributed by atoms with E-state index in [-0.39, 0.29) is 0 Å². The third kappa shape index (κ3) is 3.52. The molecule has 0 atom stereocenters. The number of para-hydroxylation sites is 4. The van der Waals surface area contributed by atoms with Gasteiger partial charge in [0.15, 0.2) is 0 Å². The molecular formula is C42H27N3. The first-order chi connectivity index (χ1) is 22.3. The summed E-state index contributed by atoms with van der Waals surface area (Å²) in [5.41, 5.74) is 9.58. The van der Waals surface area contributed by atoms with Gasteiger partial charge in [-0.3, -0.25) is 0 Å². The van der Waals surface area contributed by atoms with Crippen LogP contribution in [0.15, 0.2) is 164 Å². The molecule has 0 saturated carbocycles. The highest BCUT2D eigenvalue weighted by Crippen LogP contribution is 2.39. The second-order valence-electron chi connectivity index (χ2n) is 11.9. The Morgan fingerprint density at radius 1 is 0.289 bits per heavy atom. The molecule has 0 amide bonds. The van der Waals surface area contributed by atoms with Gasteiger partial charge in [0.25, 0.3) is 0 Å². The molecule has 210 valence electrons. The summed E-state index contributed by atoms with van der Waals surface area (Å²) in [6, 6.07) is 57.4. The fourth-order valence-electron chi connectivity index (χ4n) is 7.39. The van der Waals surface area contributed by atoms with Crippen molar-refractivity contribution in [3.05, 3.63) is 164 Å². The van der Waals surface area contributed by atoms with Gasteiger partial charge in [0.1, 0.15) is 0 Å². The third-order valence-electron chi connectivity index (χ3n) is 9.40. The topological polar surface area (TPSA) is 14.8 Å². The molecule has 10 aromatic rings. The lowest BCUT2D eigenvalue weighted by Gasteiger charge is -2.11. The number of fused-ring (bicyclic) bond motifs is 8. The molecule has 0 unspecified atom stereocenters. The van der Waals surface area contributed by atoms with Gasteiger partial charge < -0.3 is 13.7 Å². The summed E-state index contributed by atoms with van der Waals surface area (Å²) in [5.74, 6) is 0. The van der Waals surface area contributed by atoms with Crippen molar-refractivity contribution >= 4 is 65.3 Å². The SMILES string of the molecule is c1ccc(-n2ccc3cc4cc5c6ccccc6n(-c6ccc7c(c6)c6ccccc6n7-c6ccccc6)c5cc4cc32)cc1. The first kappa shape index (κ1) is 24.4. The summed E-state index contributed by atoms with van der Waals surface area (Å²) in [7, 11) is 0. The van der Waals surface area contributed by atoms with Crippen molar-refractivity contribution in [3.63, 3.8) is 0 Å². The fraction of sp³-hybridized carbons (Fsp3) is 0. The lowest BCUT2D eigenvalue weighted by atomic mass is 10.0. The molecule has 3 aromatic heterocycles. The van der Waals surface area contributed by atoms with Crippen molar-refractivity contribution in [1.82, 2.24) is 13.7 Å². The van der Waals surface area contributed by atoms with E-state index < -0.39 is 0 Å². The van der Waals surface area contributed by atoms with E-state index in [0.717, 1.165) is 5.69 Å². The van der Waals surface area contributed by atoms with Crippen molar-refractivity contribution < 1.29 is 0 Å². The third-order valence-corrected chi connectivity index (χ3v) is 9.40. The quantitative estimate of drug-likeness (QED) is 0.200. The zero-order valence-corrected chi connectivity index (χ0v) is 24.4. The molecule has 0 fully saturated rings. The van der Waals surface area contributed by atoms with Gasteiger partial charge in [-0.2, -0.15) is 0 Å². The largest absolute Gasteiger partial charge is 0.317 e. The molecule has 0 aliphatic carbocycles. The monoisotopic (exact) mass is 573 g/mol. The zero-order chi connectivity index (χ0) is 29.5. The molecule has 0 N–H and O–H groups in total. The van der Waals surface area contributed by atoms with Crippen LogP contribution in [0.4, 0.5) is 0 Å². The first-order valence-corrected chi connectivity index (χ1v) is 15.4. The van der Waals surface area contributed by atoms with E-state index >= 15 is 0 Å². The van der Waals surface area contributed by atoms with Crippen molar-refractivity contribution in [2.75, 3.05) is 0 Å². The Morgan fingerprint density at radius 3 is 1.58 bits per heavy atom. The minimum atomic E-state index is 1.16. The Hall–Kier alpha value is -6.06. The average molecular weight is 574 g/mol. The van der Waals surface area contributed by atoms with Crippen LogP contribution >= 0.6 is 0 Å². The predicted octanol–water partition coefficient (Wildman–Crippen LogP) is 11.0. The number of benzene rings is 7. The molecule has 45 heavy (non-hydrogen) atoms. The minimum absolute atomic E-state index is 1.16. The van der Waals surface area contributed by atoms with E-state index in [1.54, 1.807) is 0 Å². The Labute approximate surface area is 259 Å². The van der Waals surface area contributed by atoms with Crippen molar-refractivity contribution in [2.24, 2.45) is 0 Å². The summed E-state index contributed by atoms with van der Waals surface area (Å²) in [4.78, 5) is 0. The lowest BCUT2D eigenvalue weighted by Crippen LogP contribution is -1.95. The van der Waals surface area contributed by atoms with Crippen LogP contribution in [0.2, 0.25) is 0 Å². The zero-order valence-electron chi connectivity index (χ0n) is 24.4. The molecule has 7 aromatic carbocycles. The number of hydrogen-bond donors (Lipinski definition) is 0. The molecular weight excluding hydrogens is 546 g/mol. The van der Waals surface area contributed by atoms with Crippen molar-refractivity contribution in [2.45, 2.75) is 0 Å². The highest BCUT2D eigenvalue weighted by Gasteiger charge is 2.17. The van der Waals surface area contributed by atoms with Crippen molar-refractivity contribution in [3.8, 4) is 17.1 Å². The van der Waals surface area contributed by atoms with Gasteiger partial charge in [-0.05, 0) is 95.7 Å². The second-order valence-corrected chi connectivity index (χ2v) is 11.9. The van der Waals surface area contributed by atoms with E-state index in [4.69, 9.17) is 0 Å². The maximum absolute atomic E-state index is 2.44. The van der Waals surface area contributed by atoms with Gasteiger partial charge in [0, 0.05) is 50.2 Å². The highest BCUT2D eigenvalue weighted by molar-refractivity contribution is 6.16. The van der Waals surface area contributed by atoms with Gasteiger partial charge in [-0.1, -0.05) is 72.8 Å². The van der Waals surface area contributed by atoms with E-state index in [9.17, 15) is 0 Å². The average Bonchev–Trinajstić information content (AvgIpc) is 3.76. The molecule has 0 saturated heterocycles. The van der Waals surface area contributed by atoms with Gasteiger partial charge in [0.05, 0.1) is 27.6 Å². The summed E-state index contributed by atoms with van der Waals surface area (Å²) >= 11 is 0. The number of aromatic nitrogens is 3. The Morgan fingerprint density at radius 2 is 0.844 bits per heavy atom. The molecule has 10 rings (SSSR count). The lowest BCUT2D eigenvalue weighted by molar-refractivity contribution is 1.13. The maximum Gasteiger partial charge on any atom is 0.0547 e. The second kappa shape index (κ2) is 9.22. The summed E-state index contributed by atoms with van der Waals surface area (Å²) in [5, 5.41) is 8.78. The first-order valence-electron chi connectivity index (χ1n) is 15.4. The van der Waals surface area contributed by atoms with E-state index in [0.29, 0.717) is 0 Å². The molecule has 3 nitrogen and oxygen atoms in total. The molecule has 0 spiro atoms. The van der Waals surface area contributed by atoms with Crippen LogP contribution in [0, 0.1) is 0 Å². The van der Waals surface area contributed by atoms with Crippen LogP contribution in [0.5, 0.6) is 0 Å². The highest BCUT2D eigenvalue weighted by atomic mass is 15.0. The van der Waals surface area contributed by atoms with Crippen LogP contribution in [0.1, 0.15) is 0 Å². The van der Waals surface area contributed by atoms with E-state index in [1.807, 2.05) is 0 Å². The summed E-state index contributed by atoms with van der Waals surface area (Å²) in [6.07, 6.45) is 2.18. The Balaban J connectivity index is 1.26. The van der Waals surface area contributed by atoms with Gasteiger partial charge >= 0.3 is 0 Å². The predicted molar refractivity (Wildman–Crippen MR) is 189 cm³/mol. The Kier molecular flexibility index (Phi) is 5.00. The van der Waals surface area contributed by atoms with Gasteiger partial charge in [-0.15, -0.1) is 0 Å². The minimum Gasteiger partial charge on any atom is -0.317 e. The maximum atomic E-state index is 2.44. The molecule has 0 bridgehead atoms. The number of hydrogen-bond acceptors (Lipinski definition) is 0. The summed E-state index contributed by atoms with van der Waals surface area (Å²) < 4.78 is 7.10. The van der Waals surface area contributed by atoms with Crippen LogP contribution in [-0.2, 0) is 0 Å². The summed E-state index contributed by atoms with van der Waals surface area (Å²) in [6.45, 7) is 0. The smallest absolute Gasteiger partial charge is 0.0547 e. The van der Waals surface area contributed by atoms with Crippen LogP contribution in [0.25, 0.3) is 82.3 Å². The van der Waals surface area contributed by atoms with Crippen LogP contribution in [-0.4, -0.2) is 13.7 Å². The van der Waals surface area contributed by atoms with Crippen molar-refractivity contribution in [1.29, 1.82) is 0 Å². The number of rotatable bonds is 3. The fourth-order valence-corrected chi connectivity index (χ4v) is 7.39. The van der Waals surface area contributed by atoms with Gasteiger partial charge in [0.2, 0.25) is 0 Å². The normalized spacial score (nSPS) is 12.0. The van der Waals surface area contributed by atoms with Crippen LogP contribution in [0.3, 0.4) is 0 Å². The van der Waals surface area contributed by atoms with Crippen LogP contribution < -0.4 is 0 Å². The van der Waals surface area contributed by atoms with E-state index in [1.165, 1.54) is 76.7 Å². The molecule has 0 aliphatic rings. The number of nitrogens with zero attached hydrogens (tertiary/aromatic N) is 3. The van der Waals surface area contributed by atoms with E-state index in [2.05, 4.69) is 178 Å². The molecule has 0 aliphatic heterocycles. The molecule has 0 radical (unpaired) electrons. The Bertz CT molecular complexity index is 2740.